The smallest absolute Gasteiger partial charge is 0.0192 e. The van der Waals surface area contributed by atoms with Crippen LogP contribution in [0.2, 0.25) is 0 Å². The van der Waals surface area contributed by atoms with E-state index in [9.17, 15) is 0 Å². The highest BCUT2D eigenvalue weighted by Crippen LogP contribution is 2.22. The van der Waals surface area contributed by atoms with Gasteiger partial charge in [0.15, 0.2) is 0 Å². The van der Waals surface area contributed by atoms with Crippen molar-refractivity contribution in [3.8, 4) is 0 Å². The SMILES string of the molecule is CC1CC(C)CN(C(C)CNC(C)C)C1. The Bertz CT molecular complexity index is 169. The molecule has 0 aromatic rings. The number of likely N-dealkylation sites (tertiary alicyclic amines) is 1. The van der Waals surface area contributed by atoms with Gasteiger partial charge in [-0.25, -0.2) is 0 Å². The number of hydrogen-bond acceptors (Lipinski definition) is 2. The largest absolute Gasteiger partial charge is 0.313 e. The van der Waals surface area contributed by atoms with E-state index in [4.69, 9.17) is 0 Å². The Morgan fingerprint density at radius 2 is 1.67 bits per heavy atom. The van der Waals surface area contributed by atoms with E-state index in [1.807, 2.05) is 0 Å². The van der Waals surface area contributed by atoms with Crippen molar-refractivity contribution < 1.29 is 0 Å². The van der Waals surface area contributed by atoms with Crippen LogP contribution in [0.25, 0.3) is 0 Å². The zero-order valence-corrected chi connectivity index (χ0v) is 11.1. The molecule has 1 N–H and O–H groups in total. The molecule has 0 saturated carbocycles. The lowest BCUT2D eigenvalue weighted by molar-refractivity contribution is 0.101. The second kappa shape index (κ2) is 5.86. The highest BCUT2D eigenvalue weighted by Gasteiger charge is 2.24. The minimum Gasteiger partial charge on any atom is -0.313 e. The third kappa shape index (κ3) is 4.52. The standard InChI is InChI=1S/C13H28N2/c1-10(2)14-7-13(5)15-8-11(3)6-12(4)9-15/h10-14H,6-9H2,1-5H3. The number of piperidine rings is 1. The van der Waals surface area contributed by atoms with Crippen LogP contribution < -0.4 is 5.32 Å². The normalized spacial score (nSPS) is 30.8. The Kier molecular flexibility index (Phi) is 5.07. The van der Waals surface area contributed by atoms with Crippen molar-refractivity contribution >= 4 is 0 Å². The molecule has 90 valence electrons. The van der Waals surface area contributed by atoms with E-state index in [1.54, 1.807) is 0 Å². The molecule has 0 radical (unpaired) electrons. The van der Waals surface area contributed by atoms with E-state index in [2.05, 4.69) is 44.8 Å². The molecular weight excluding hydrogens is 184 g/mol. The summed E-state index contributed by atoms with van der Waals surface area (Å²) in [6, 6.07) is 1.28. The van der Waals surface area contributed by atoms with Gasteiger partial charge in [-0.15, -0.1) is 0 Å². The number of nitrogens with one attached hydrogen (secondary N) is 1. The summed E-state index contributed by atoms with van der Waals surface area (Å²) in [5, 5.41) is 3.53. The topological polar surface area (TPSA) is 15.3 Å². The summed E-state index contributed by atoms with van der Waals surface area (Å²) >= 11 is 0. The molecule has 15 heavy (non-hydrogen) atoms. The molecule has 1 aliphatic rings. The molecule has 3 unspecified atom stereocenters. The van der Waals surface area contributed by atoms with Crippen LogP contribution in [-0.2, 0) is 0 Å². The van der Waals surface area contributed by atoms with Crippen molar-refractivity contribution in [2.24, 2.45) is 11.8 Å². The van der Waals surface area contributed by atoms with E-state index >= 15 is 0 Å². The molecule has 1 heterocycles. The van der Waals surface area contributed by atoms with Crippen LogP contribution in [0.3, 0.4) is 0 Å². The zero-order valence-electron chi connectivity index (χ0n) is 11.1. The van der Waals surface area contributed by atoms with Crippen molar-refractivity contribution in [2.75, 3.05) is 19.6 Å². The first kappa shape index (κ1) is 13.0. The molecule has 0 aromatic heterocycles. The van der Waals surface area contributed by atoms with Gasteiger partial charge in [0, 0.05) is 31.7 Å². The molecule has 2 nitrogen and oxygen atoms in total. The summed E-state index contributed by atoms with van der Waals surface area (Å²) in [5.41, 5.74) is 0. The van der Waals surface area contributed by atoms with Gasteiger partial charge >= 0.3 is 0 Å². The van der Waals surface area contributed by atoms with Crippen molar-refractivity contribution in [1.82, 2.24) is 10.2 Å². The van der Waals surface area contributed by atoms with Crippen molar-refractivity contribution in [2.45, 2.75) is 53.1 Å². The van der Waals surface area contributed by atoms with Crippen LogP contribution in [0, 0.1) is 11.8 Å². The predicted molar refractivity (Wildman–Crippen MR) is 67.1 cm³/mol. The van der Waals surface area contributed by atoms with Gasteiger partial charge in [-0.1, -0.05) is 27.7 Å². The summed E-state index contributed by atoms with van der Waals surface area (Å²) in [6.07, 6.45) is 1.40. The third-order valence-corrected chi connectivity index (χ3v) is 3.34. The van der Waals surface area contributed by atoms with Gasteiger partial charge in [0.25, 0.3) is 0 Å². The Balaban J connectivity index is 2.34. The van der Waals surface area contributed by atoms with Gasteiger partial charge in [0.05, 0.1) is 0 Å². The second-order valence-corrected chi connectivity index (χ2v) is 5.81. The summed E-state index contributed by atoms with van der Waals surface area (Å²) in [6.45, 7) is 15.2. The Morgan fingerprint density at radius 1 is 1.13 bits per heavy atom. The van der Waals surface area contributed by atoms with Crippen LogP contribution in [0.1, 0.15) is 41.0 Å². The fourth-order valence-corrected chi connectivity index (χ4v) is 2.61. The molecule has 2 heteroatoms. The Hall–Kier alpha value is -0.0800. The highest BCUT2D eigenvalue weighted by atomic mass is 15.2. The molecular formula is C13H28N2. The lowest BCUT2D eigenvalue weighted by Gasteiger charge is -2.39. The van der Waals surface area contributed by atoms with Gasteiger partial charge in [-0.05, 0) is 25.2 Å². The summed E-state index contributed by atoms with van der Waals surface area (Å²) in [4.78, 5) is 2.65. The molecule has 0 spiro atoms. The van der Waals surface area contributed by atoms with E-state index in [-0.39, 0.29) is 0 Å². The predicted octanol–water partition coefficient (Wildman–Crippen LogP) is 2.35. The van der Waals surface area contributed by atoms with Gasteiger partial charge < -0.3 is 5.32 Å². The van der Waals surface area contributed by atoms with Crippen LogP contribution >= 0.6 is 0 Å². The first-order valence-corrected chi connectivity index (χ1v) is 6.46. The van der Waals surface area contributed by atoms with E-state index in [1.165, 1.54) is 19.5 Å². The van der Waals surface area contributed by atoms with E-state index in [0.29, 0.717) is 12.1 Å². The lowest BCUT2D eigenvalue weighted by Crippen LogP contribution is -2.48. The molecule has 0 aliphatic carbocycles. The van der Waals surface area contributed by atoms with Gasteiger partial charge in [0.1, 0.15) is 0 Å². The fraction of sp³-hybridized carbons (Fsp3) is 1.00. The van der Waals surface area contributed by atoms with Gasteiger partial charge in [-0.2, -0.15) is 0 Å². The maximum atomic E-state index is 3.53. The molecule has 1 rings (SSSR count). The lowest BCUT2D eigenvalue weighted by atomic mass is 9.91. The first-order valence-electron chi connectivity index (χ1n) is 6.46. The molecule has 1 aliphatic heterocycles. The summed E-state index contributed by atoms with van der Waals surface area (Å²) < 4.78 is 0. The zero-order chi connectivity index (χ0) is 11.4. The Morgan fingerprint density at radius 3 is 2.13 bits per heavy atom. The van der Waals surface area contributed by atoms with Crippen molar-refractivity contribution in [3.63, 3.8) is 0 Å². The van der Waals surface area contributed by atoms with Crippen molar-refractivity contribution in [1.29, 1.82) is 0 Å². The van der Waals surface area contributed by atoms with Crippen LogP contribution in [0.5, 0.6) is 0 Å². The monoisotopic (exact) mass is 212 g/mol. The number of hydrogen-bond donors (Lipinski definition) is 1. The Labute approximate surface area is 95.4 Å². The van der Waals surface area contributed by atoms with Gasteiger partial charge in [-0.3, -0.25) is 4.90 Å². The molecule has 0 aromatic carbocycles. The number of rotatable bonds is 4. The maximum Gasteiger partial charge on any atom is 0.0192 e. The quantitative estimate of drug-likeness (QED) is 0.769. The van der Waals surface area contributed by atoms with Crippen LogP contribution in [0.4, 0.5) is 0 Å². The number of nitrogens with zero attached hydrogens (tertiary/aromatic N) is 1. The third-order valence-electron chi connectivity index (χ3n) is 3.34. The maximum absolute atomic E-state index is 3.53. The minimum absolute atomic E-state index is 0.604. The average molecular weight is 212 g/mol. The average Bonchev–Trinajstić information content (AvgIpc) is 2.12. The highest BCUT2D eigenvalue weighted by molar-refractivity contribution is 4.79. The van der Waals surface area contributed by atoms with Crippen LogP contribution in [-0.4, -0.2) is 36.6 Å². The second-order valence-electron chi connectivity index (χ2n) is 5.81. The van der Waals surface area contributed by atoms with Gasteiger partial charge in [0.2, 0.25) is 0 Å². The molecule has 3 atom stereocenters. The summed E-state index contributed by atoms with van der Waals surface area (Å²) in [7, 11) is 0. The van der Waals surface area contributed by atoms with Crippen molar-refractivity contribution in [3.05, 3.63) is 0 Å². The minimum atomic E-state index is 0.604. The van der Waals surface area contributed by atoms with Crippen LogP contribution in [0.15, 0.2) is 0 Å². The molecule has 0 amide bonds. The fourth-order valence-electron chi connectivity index (χ4n) is 2.61. The molecule has 1 fully saturated rings. The molecule has 1 saturated heterocycles. The van der Waals surface area contributed by atoms with E-state index < -0.39 is 0 Å². The first-order chi connectivity index (χ1) is 6.99. The molecule has 0 bridgehead atoms. The van der Waals surface area contributed by atoms with E-state index in [0.717, 1.165) is 18.4 Å². The summed E-state index contributed by atoms with van der Waals surface area (Å²) in [5.74, 6) is 1.74.